The Hall–Kier alpha value is -2.10. The van der Waals surface area contributed by atoms with Crippen LogP contribution in [-0.2, 0) is 4.79 Å². The topological polar surface area (TPSA) is 64.4 Å². The molecule has 1 unspecified atom stereocenters. The fourth-order valence-electron chi connectivity index (χ4n) is 3.35. The molecule has 0 saturated carbocycles. The van der Waals surface area contributed by atoms with Crippen molar-refractivity contribution in [2.45, 2.75) is 38.6 Å². The van der Waals surface area contributed by atoms with Crippen LogP contribution in [0.4, 0.5) is 0 Å². The maximum atomic E-state index is 12.3. The van der Waals surface area contributed by atoms with Crippen molar-refractivity contribution in [3.63, 3.8) is 0 Å². The molecule has 0 fully saturated rings. The van der Waals surface area contributed by atoms with Gasteiger partial charge in [-0.3, -0.25) is 10.2 Å². The lowest BCUT2D eigenvalue weighted by Gasteiger charge is -2.30. The summed E-state index contributed by atoms with van der Waals surface area (Å²) in [6.07, 6.45) is 2.67. The number of ketones is 1. The largest absolute Gasteiger partial charge is 0.512 e. The number of hydrogen-bond acceptors (Lipinski definition) is 3. The monoisotopic (exact) mass is 284 g/mol. The molecule has 1 aliphatic heterocycles. The van der Waals surface area contributed by atoms with Gasteiger partial charge < -0.3 is 10.0 Å². The molecule has 0 bridgehead atoms. The molecule has 2 aliphatic rings. The maximum Gasteiger partial charge on any atom is 0.164 e. The van der Waals surface area contributed by atoms with Gasteiger partial charge in [-0.15, -0.1) is 0 Å². The van der Waals surface area contributed by atoms with Gasteiger partial charge in [0.15, 0.2) is 5.78 Å². The molecule has 0 aromatic heterocycles. The van der Waals surface area contributed by atoms with Crippen molar-refractivity contribution < 1.29 is 9.90 Å². The summed E-state index contributed by atoms with van der Waals surface area (Å²) < 4.78 is 0. The second-order valence-corrected chi connectivity index (χ2v) is 5.67. The molecule has 0 spiro atoms. The number of amidine groups is 1. The van der Waals surface area contributed by atoms with Crippen molar-refractivity contribution in [2.75, 3.05) is 6.54 Å². The number of nitrogens with zero attached hydrogens (tertiary/aromatic N) is 1. The van der Waals surface area contributed by atoms with Crippen LogP contribution in [0.1, 0.15) is 49.8 Å². The molecule has 3 rings (SSSR count). The summed E-state index contributed by atoms with van der Waals surface area (Å²) >= 11 is 0. The van der Waals surface area contributed by atoms with E-state index >= 15 is 0 Å². The summed E-state index contributed by atoms with van der Waals surface area (Å²) in [5, 5.41) is 18.6. The number of rotatable bonds is 3. The number of carbonyl (C=O) groups is 1. The van der Waals surface area contributed by atoms with Gasteiger partial charge in [0.05, 0.1) is 11.6 Å². The van der Waals surface area contributed by atoms with E-state index < -0.39 is 0 Å². The smallest absolute Gasteiger partial charge is 0.164 e. The van der Waals surface area contributed by atoms with E-state index in [0.29, 0.717) is 37.2 Å². The standard InChI is InChI=1S/C17H20N2O2/c1-2-10-19-16(15-13(20)8-5-9-14(15)21)11-6-3-4-7-12(11)17(19)18/h3-4,6-7,16,18,20H,2,5,8-10H2,1H3. The summed E-state index contributed by atoms with van der Waals surface area (Å²) in [6, 6.07) is 7.44. The van der Waals surface area contributed by atoms with Crippen LogP contribution >= 0.6 is 0 Å². The average molecular weight is 284 g/mol. The van der Waals surface area contributed by atoms with E-state index in [9.17, 15) is 9.90 Å². The molecule has 4 heteroatoms. The quantitative estimate of drug-likeness (QED) is 0.894. The molecule has 110 valence electrons. The highest BCUT2D eigenvalue weighted by Crippen LogP contribution is 2.42. The van der Waals surface area contributed by atoms with E-state index in [1.807, 2.05) is 29.2 Å². The second kappa shape index (κ2) is 5.35. The number of benzene rings is 1. The highest BCUT2D eigenvalue weighted by molar-refractivity contribution is 6.05. The lowest BCUT2D eigenvalue weighted by molar-refractivity contribution is -0.117. The normalized spacial score (nSPS) is 22.0. The van der Waals surface area contributed by atoms with E-state index in [-0.39, 0.29) is 17.6 Å². The van der Waals surface area contributed by atoms with Crippen LogP contribution in [-0.4, -0.2) is 28.2 Å². The number of nitrogens with one attached hydrogen (secondary N) is 1. The van der Waals surface area contributed by atoms with E-state index in [1.54, 1.807) is 0 Å². The number of allylic oxidation sites excluding steroid dienone is 1. The molecule has 2 N–H and O–H groups in total. The predicted octanol–water partition coefficient (Wildman–Crippen LogP) is 3.34. The first kappa shape index (κ1) is 13.9. The van der Waals surface area contributed by atoms with Gasteiger partial charge in [0.1, 0.15) is 11.6 Å². The van der Waals surface area contributed by atoms with Gasteiger partial charge in [-0.25, -0.2) is 0 Å². The Morgan fingerprint density at radius 1 is 1.33 bits per heavy atom. The number of hydrogen-bond donors (Lipinski definition) is 2. The van der Waals surface area contributed by atoms with Crippen molar-refractivity contribution >= 4 is 11.6 Å². The third kappa shape index (κ3) is 2.15. The van der Waals surface area contributed by atoms with Crippen LogP contribution in [0.5, 0.6) is 0 Å². The molecular formula is C17H20N2O2. The van der Waals surface area contributed by atoms with Crippen LogP contribution in [0.2, 0.25) is 0 Å². The van der Waals surface area contributed by atoms with E-state index in [4.69, 9.17) is 5.41 Å². The van der Waals surface area contributed by atoms with Gasteiger partial charge >= 0.3 is 0 Å². The van der Waals surface area contributed by atoms with E-state index in [0.717, 1.165) is 17.5 Å². The molecule has 1 aromatic carbocycles. The van der Waals surface area contributed by atoms with Crippen LogP contribution < -0.4 is 0 Å². The average Bonchev–Trinajstić information content (AvgIpc) is 2.74. The number of Topliss-reactive ketones (excluding diaryl/α,β-unsaturated/α-hetero) is 1. The Balaban J connectivity index is 2.14. The van der Waals surface area contributed by atoms with Crippen molar-refractivity contribution in [3.8, 4) is 0 Å². The van der Waals surface area contributed by atoms with Gasteiger partial charge in [0.25, 0.3) is 0 Å². The molecule has 1 atom stereocenters. The van der Waals surface area contributed by atoms with Gasteiger partial charge in [-0.2, -0.15) is 0 Å². The molecule has 0 radical (unpaired) electrons. The van der Waals surface area contributed by atoms with Crippen LogP contribution in [0.3, 0.4) is 0 Å². The predicted molar refractivity (Wildman–Crippen MR) is 81.5 cm³/mol. The Kier molecular flexibility index (Phi) is 3.53. The molecule has 0 amide bonds. The van der Waals surface area contributed by atoms with Crippen molar-refractivity contribution in [2.24, 2.45) is 0 Å². The zero-order valence-electron chi connectivity index (χ0n) is 12.2. The zero-order chi connectivity index (χ0) is 15.0. The van der Waals surface area contributed by atoms with Gasteiger partial charge in [0, 0.05) is 24.9 Å². The lowest BCUT2D eigenvalue weighted by atomic mass is 9.87. The summed E-state index contributed by atoms with van der Waals surface area (Å²) in [6.45, 7) is 2.77. The number of aliphatic hydroxyl groups is 1. The highest BCUT2D eigenvalue weighted by atomic mass is 16.3. The van der Waals surface area contributed by atoms with E-state index in [1.165, 1.54) is 0 Å². The maximum absolute atomic E-state index is 12.3. The fraction of sp³-hybridized carbons (Fsp3) is 0.412. The third-order valence-electron chi connectivity index (χ3n) is 4.28. The first-order valence-electron chi connectivity index (χ1n) is 7.54. The Labute approximate surface area is 124 Å². The first-order valence-corrected chi connectivity index (χ1v) is 7.54. The molecule has 0 saturated heterocycles. The third-order valence-corrected chi connectivity index (χ3v) is 4.28. The number of carbonyl (C=O) groups excluding carboxylic acids is 1. The summed E-state index contributed by atoms with van der Waals surface area (Å²) in [4.78, 5) is 14.3. The minimum atomic E-state index is -0.290. The Morgan fingerprint density at radius 2 is 2.10 bits per heavy atom. The van der Waals surface area contributed by atoms with Crippen LogP contribution in [0.25, 0.3) is 0 Å². The van der Waals surface area contributed by atoms with Crippen LogP contribution in [0.15, 0.2) is 35.6 Å². The molecule has 4 nitrogen and oxygen atoms in total. The van der Waals surface area contributed by atoms with E-state index in [2.05, 4.69) is 6.92 Å². The summed E-state index contributed by atoms with van der Waals surface area (Å²) in [7, 11) is 0. The minimum Gasteiger partial charge on any atom is -0.512 e. The number of aliphatic hydroxyl groups excluding tert-OH is 1. The SMILES string of the molecule is CCCN1C(=N)c2ccccc2C1C1=C(O)CCCC1=O. The molecule has 1 heterocycles. The molecule has 1 aliphatic carbocycles. The molecule has 21 heavy (non-hydrogen) atoms. The van der Waals surface area contributed by atoms with Gasteiger partial charge in [-0.1, -0.05) is 31.2 Å². The zero-order valence-corrected chi connectivity index (χ0v) is 12.2. The Bertz CT molecular complexity index is 633. The minimum absolute atomic E-state index is 0.0226. The summed E-state index contributed by atoms with van der Waals surface area (Å²) in [5.41, 5.74) is 2.34. The number of fused-ring (bicyclic) bond motifs is 1. The first-order chi connectivity index (χ1) is 10.1. The highest BCUT2D eigenvalue weighted by Gasteiger charge is 2.40. The van der Waals surface area contributed by atoms with Crippen molar-refractivity contribution in [1.29, 1.82) is 5.41 Å². The molecule has 1 aromatic rings. The Morgan fingerprint density at radius 3 is 2.81 bits per heavy atom. The fourth-order valence-corrected chi connectivity index (χ4v) is 3.35. The van der Waals surface area contributed by atoms with Gasteiger partial charge in [-0.05, 0) is 18.4 Å². The summed E-state index contributed by atoms with van der Waals surface area (Å²) in [5.74, 6) is 0.687. The van der Waals surface area contributed by atoms with Crippen LogP contribution in [0, 0.1) is 5.41 Å². The molecular weight excluding hydrogens is 264 g/mol. The van der Waals surface area contributed by atoms with Gasteiger partial charge in [0.2, 0.25) is 0 Å². The van der Waals surface area contributed by atoms with Crippen molar-refractivity contribution in [1.82, 2.24) is 4.90 Å². The van der Waals surface area contributed by atoms with Crippen molar-refractivity contribution in [3.05, 3.63) is 46.7 Å². The second-order valence-electron chi connectivity index (χ2n) is 5.67. The lowest BCUT2D eigenvalue weighted by Crippen LogP contribution is -2.33.